The van der Waals surface area contributed by atoms with E-state index in [0.29, 0.717) is 4.45 Å². The number of rotatable bonds is 5. The first kappa shape index (κ1) is 12.7. The summed E-state index contributed by atoms with van der Waals surface area (Å²) in [4.78, 5) is 0. The van der Waals surface area contributed by atoms with E-state index >= 15 is 0 Å². The van der Waals surface area contributed by atoms with Crippen LogP contribution in [0.1, 0.15) is 11.1 Å². The van der Waals surface area contributed by atoms with Gasteiger partial charge >= 0.3 is 0 Å². The highest BCUT2D eigenvalue weighted by Gasteiger charge is 2.10. The first-order valence-corrected chi connectivity index (χ1v) is 9.35. The van der Waals surface area contributed by atoms with Crippen LogP contribution in [0, 0.1) is 0 Å². The second-order valence-corrected chi connectivity index (χ2v) is 9.72. The first-order chi connectivity index (χ1) is 7.13. The Morgan fingerprint density at radius 3 is 2.27 bits per heavy atom. The minimum absolute atomic E-state index is 0.560. The molecule has 82 valence electrons. The normalized spacial score (nSPS) is 12.8. The molecule has 0 radical (unpaired) electrons. The molecular weight excluding hydrogens is 264 g/mol. The van der Waals surface area contributed by atoms with E-state index in [9.17, 15) is 0 Å². The fourth-order valence-corrected chi connectivity index (χ4v) is 2.56. The van der Waals surface area contributed by atoms with Crippen LogP contribution < -0.4 is 0 Å². The number of alkyl halides is 1. The summed E-state index contributed by atoms with van der Waals surface area (Å²) in [5.41, 5.74) is 2.78. The third-order valence-electron chi connectivity index (χ3n) is 2.56. The third-order valence-corrected chi connectivity index (χ3v) is 7.74. The Morgan fingerprint density at radius 1 is 1.27 bits per heavy atom. The standard InChI is InChI=1S/C13H19BrSi/c1-4-5-11-6-8-12(9-7-11)10-13(14)15(2)3/h4,6-9,13,15H,1,5,10H2,2-3H3. The quantitative estimate of drug-likeness (QED) is 0.438. The highest BCUT2D eigenvalue weighted by molar-refractivity contribution is 9.10. The van der Waals surface area contributed by atoms with Crippen LogP contribution in [0.15, 0.2) is 36.9 Å². The van der Waals surface area contributed by atoms with Crippen LogP contribution >= 0.6 is 15.9 Å². The molecule has 1 aromatic rings. The van der Waals surface area contributed by atoms with Crippen LogP contribution in [-0.2, 0) is 12.8 Å². The van der Waals surface area contributed by atoms with Gasteiger partial charge in [0.1, 0.15) is 0 Å². The Labute approximate surface area is 103 Å². The van der Waals surface area contributed by atoms with Gasteiger partial charge in [-0.1, -0.05) is 59.4 Å². The Bertz CT molecular complexity index is 303. The molecule has 0 bridgehead atoms. The van der Waals surface area contributed by atoms with E-state index in [1.165, 1.54) is 11.1 Å². The van der Waals surface area contributed by atoms with E-state index in [2.05, 4.69) is 59.9 Å². The summed E-state index contributed by atoms with van der Waals surface area (Å²) in [6, 6.07) is 8.89. The van der Waals surface area contributed by atoms with Gasteiger partial charge in [0.25, 0.3) is 0 Å². The van der Waals surface area contributed by atoms with Gasteiger partial charge in [-0.05, 0) is 24.0 Å². The monoisotopic (exact) mass is 282 g/mol. The van der Waals surface area contributed by atoms with Crippen molar-refractivity contribution in [3.63, 3.8) is 0 Å². The highest BCUT2D eigenvalue weighted by Crippen LogP contribution is 2.14. The summed E-state index contributed by atoms with van der Waals surface area (Å²) in [5, 5.41) is 0. The maximum Gasteiger partial charge on any atom is 0.0470 e. The van der Waals surface area contributed by atoms with E-state index in [-0.39, 0.29) is 0 Å². The second kappa shape index (κ2) is 6.29. The lowest BCUT2D eigenvalue weighted by atomic mass is 10.1. The molecule has 0 aliphatic carbocycles. The molecule has 1 aromatic carbocycles. The van der Waals surface area contributed by atoms with Crippen molar-refractivity contribution in [2.24, 2.45) is 0 Å². The minimum Gasteiger partial charge on any atom is -0.103 e. The topological polar surface area (TPSA) is 0 Å². The average Bonchev–Trinajstić information content (AvgIpc) is 2.21. The summed E-state index contributed by atoms with van der Waals surface area (Å²) in [6.45, 7) is 8.51. The van der Waals surface area contributed by atoms with Crippen LogP contribution in [0.25, 0.3) is 0 Å². The maximum atomic E-state index is 3.77. The molecule has 0 spiro atoms. The Morgan fingerprint density at radius 2 is 1.80 bits per heavy atom. The first-order valence-electron chi connectivity index (χ1n) is 5.46. The average molecular weight is 283 g/mol. The smallest absolute Gasteiger partial charge is 0.0470 e. The van der Waals surface area contributed by atoms with E-state index in [1.54, 1.807) is 0 Å². The number of allylic oxidation sites excluding steroid dienone is 1. The van der Waals surface area contributed by atoms with Crippen molar-refractivity contribution in [3.8, 4) is 0 Å². The molecule has 0 aromatic heterocycles. The molecule has 0 N–H and O–H groups in total. The van der Waals surface area contributed by atoms with Gasteiger partial charge in [-0.25, -0.2) is 0 Å². The van der Waals surface area contributed by atoms with Crippen molar-refractivity contribution in [2.75, 3.05) is 0 Å². The fraction of sp³-hybridized carbons (Fsp3) is 0.385. The van der Waals surface area contributed by atoms with E-state index in [4.69, 9.17) is 0 Å². The van der Waals surface area contributed by atoms with Gasteiger partial charge in [-0.2, -0.15) is 0 Å². The van der Waals surface area contributed by atoms with Crippen molar-refractivity contribution in [2.45, 2.75) is 30.4 Å². The predicted octanol–water partition coefficient (Wildman–Crippen LogP) is 3.75. The SMILES string of the molecule is C=CCc1ccc(CC(Br)[SiH](C)C)cc1. The van der Waals surface area contributed by atoms with E-state index < -0.39 is 8.80 Å². The molecule has 1 rings (SSSR count). The number of halogens is 1. The molecule has 0 aliphatic rings. The number of benzene rings is 1. The Hall–Kier alpha value is -0.343. The van der Waals surface area contributed by atoms with Gasteiger partial charge in [0.05, 0.1) is 0 Å². The summed E-state index contributed by atoms with van der Waals surface area (Å²) in [7, 11) is -0.560. The van der Waals surface area contributed by atoms with E-state index in [1.807, 2.05) is 6.08 Å². The fourth-order valence-electron chi connectivity index (χ4n) is 1.44. The zero-order valence-corrected chi connectivity index (χ0v) is 12.3. The van der Waals surface area contributed by atoms with Gasteiger partial charge in [0, 0.05) is 13.2 Å². The van der Waals surface area contributed by atoms with Crippen molar-refractivity contribution in [1.29, 1.82) is 0 Å². The summed E-state index contributed by atoms with van der Waals surface area (Å²) in [6.07, 6.45) is 4.08. The molecule has 0 amide bonds. The molecule has 2 heteroatoms. The lowest BCUT2D eigenvalue weighted by Crippen LogP contribution is -2.20. The van der Waals surface area contributed by atoms with Crippen LogP contribution in [-0.4, -0.2) is 13.2 Å². The largest absolute Gasteiger partial charge is 0.103 e. The van der Waals surface area contributed by atoms with Crippen molar-refractivity contribution < 1.29 is 0 Å². The van der Waals surface area contributed by atoms with Gasteiger partial charge in [0.15, 0.2) is 0 Å². The summed E-state index contributed by atoms with van der Waals surface area (Å²) < 4.78 is 0.711. The molecule has 0 nitrogen and oxygen atoms in total. The van der Waals surface area contributed by atoms with E-state index in [0.717, 1.165) is 12.8 Å². The van der Waals surface area contributed by atoms with Crippen LogP contribution in [0.2, 0.25) is 13.1 Å². The maximum absolute atomic E-state index is 3.77. The predicted molar refractivity (Wildman–Crippen MR) is 75.6 cm³/mol. The van der Waals surface area contributed by atoms with Gasteiger partial charge in [-0.15, -0.1) is 6.58 Å². The van der Waals surface area contributed by atoms with Crippen LogP contribution in [0.4, 0.5) is 0 Å². The summed E-state index contributed by atoms with van der Waals surface area (Å²) in [5.74, 6) is 0. The lowest BCUT2D eigenvalue weighted by molar-refractivity contribution is 1.08. The molecular formula is C13H19BrSi. The van der Waals surface area contributed by atoms with Crippen LogP contribution in [0.3, 0.4) is 0 Å². The zero-order chi connectivity index (χ0) is 11.3. The Kier molecular flexibility index (Phi) is 5.33. The number of hydrogen-bond donors (Lipinski definition) is 0. The molecule has 1 unspecified atom stereocenters. The van der Waals surface area contributed by atoms with Crippen LogP contribution in [0.5, 0.6) is 0 Å². The number of hydrogen-bond acceptors (Lipinski definition) is 0. The van der Waals surface area contributed by atoms with Crippen molar-refractivity contribution in [1.82, 2.24) is 0 Å². The molecule has 0 aliphatic heterocycles. The molecule has 0 saturated carbocycles. The molecule has 0 saturated heterocycles. The Balaban J connectivity index is 2.60. The lowest BCUT2D eigenvalue weighted by Gasteiger charge is -2.12. The molecule has 15 heavy (non-hydrogen) atoms. The summed E-state index contributed by atoms with van der Waals surface area (Å²) >= 11 is 3.77. The van der Waals surface area contributed by atoms with Gasteiger partial charge < -0.3 is 0 Å². The molecule has 0 heterocycles. The van der Waals surface area contributed by atoms with Gasteiger partial charge in [0.2, 0.25) is 0 Å². The van der Waals surface area contributed by atoms with Crippen molar-refractivity contribution in [3.05, 3.63) is 48.0 Å². The zero-order valence-electron chi connectivity index (χ0n) is 9.54. The van der Waals surface area contributed by atoms with Gasteiger partial charge in [-0.3, -0.25) is 0 Å². The minimum atomic E-state index is -0.560. The van der Waals surface area contributed by atoms with Crippen molar-refractivity contribution >= 4 is 24.7 Å². The molecule has 0 fully saturated rings. The third kappa shape index (κ3) is 4.35. The molecule has 1 atom stereocenters. The second-order valence-electron chi connectivity index (χ2n) is 4.27. The highest BCUT2D eigenvalue weighted by atomic mass is 79.9.